The summed E-state index contributed by atoms with van der Waals surface area (Å²) in [5.74, 6) is -1.29. The molecule has 0 unspecified atom stereocenters. The second-order valence-corrected chi connectivity index (χ2v) is 7.45. The summed E-state index contributed by atoms with van der Waals surface area (Å²) in [5, 5.41) is 8.85. The Morgan fingerprint density at radius 1 is 1.32 bits per heavy atom. The van der Waals surface area contributed by atoms with E-state index in [1.807, 2.05) is 20.8 Å². The number of aromatic carboxylic acids is 1. The first-order chi connectivity index (χ1) is 8.59. The zero-order chi connectivity index (χ0) is 14.7. The molecule has 0 fully saturated rings. The van der Waals surface area contributed by atoms with Crippen LogP contribution in [0, 0.1) is 5.41 Å². The molecule has 19 heavy (non-hydrogen) atoms. The quantitative estimate of drug-likeness (QED) is 0.864. The number of carbonyl (C=O) groups is 1. The Morgan fingerprint density at radius 3 is 2.47 bits per heavy atom. The van der Waals surface area contributed by atoms with Crippen molar-refractivity contribution in [1.29, 1.82) is 0 Å². The molecule has 0 bridgehead atoms. The van der Waals surface area contributed by atoms with Gasteiger partial charge in [-0.25, -0.2) is 17.9 Å². The standard InChI is InChI=1S/C13H19NO4S/c1-13(2,3)9-14-19(17,18)8-10-5-4-6-11(7-10)12(15)16/h4-7,14H,8-9H2,1-3H3,(H,15,16). The molecule has 0 aliphatic rings. The third kappa shape index (κ3) is 5.85. The van der Waals surface area contributed by atoms with Gasteiger partial charge in [0, 0.05) is 6.54 Å². The van der Waals surface area contributed by atoms with Gasteiger partial charge < -0.3 is 5.11 Å². The molecule has 0 heterocycles. The number of hydrogen-bond donors (Lipinski definition) is 2. The summed E-state index contributed by atoms with van der Waals surface area (Å²) in [6.07, 6.45) is 0. The SMILES string of the molecule is CC(C)(C)CNS(=O)(=O)Cc1cccc(C(=O)O)c1. The van der Waals surface area contributed by atoms with Crippen LogP contribution in [-0.4, -0.2) is 26.0 Å². The van der Waals surface area contributed by atoms with Gasteiger partial charge in [-0.05, 0) is 23.1 Å². The Bertz CT molecular complexity index is 558. The molecule has 6 heteroatoms. The lowest BCUT2D eigenvalue weighted by Gasteiger charge is -2.18. The first-order valence-corrected chi connectivity index (χ1v) is 7.54. The second kappa shape index (κ2) is 5.71. The van der Waals surface area contributed by atoms with Crippen LogP contribution >= 0.6 is 0 Å². The number of hydrogen-bond acceptors (Lipinski definition) is 3. The Hall–Kier alpha value is -1.40. The molecule has 0 aliphatic carbocycles. The molecule has 0 spiro atoms. The van der Waals surface area contributed by atoms with Crippen LogP contribution in [0.4, 0.5) is 0 Å². The van der Waals surface area contributed by atoms with Gasteiger partial charge in [-0.2, -0.15) is 0 Å². The van der Waals surface area contributed by atoms with E-state index in [9.17, 15) is 13.2 Å². The van der Waals surface area contributed by atoms with Crippen molar-refractivity contribution >= 4 is 16.0 Å². The molecule has 0 saturated heterocycles. The van der Waals surface area contributed by atoms with Gasteiger partial charge in [0.25, 0.3) is 0 Å². The number of carboxylic acid groups (broad SMARTS) is 1. The minimum Gasteiger partial charge on any atom is -0.478 e. The smallest absolute Gasteiger partial charge is 0.335 e. The van der Waals surface area contributed by atoms with Crippen molar-refractivity contribution in [3.05, 3.63) is 35.4 Å². The van der Waals surface area contributed by atoms with Crippen molar-refractivity contribution in [3.8, 4) is 0 Å². The molecule has 106 valence electrons. The van der Waals surface area contributed by atoms with Crippen LogP contribution in [0.2, 0.25) is 0 Å². The maximum Gasteiger partial charge on any atom is 0.335 e. The molecule has 1 aromatic rings. The largest absolute Gasteiger partial charge is 0.478 e. The summed E-state index contributed by atoms with van der Waals surface area (Å²) in [5.41, 5.74) is 0.403. The van der Waals surface area contributed by atoms with Crippen LogP contribution in [-0.2, 0) is 15.8 Å². The minimum atomic E-state index is -3.45. The minimum absolute atomic E-state index is 0.0866. The zero-order valence-corrected chi connectivity index (χ0v) is 12.1. The number of rotatable bonds is 5. The van der Waals surface area contributed by atoms with E-state index in [4.69, 9.17) is 5.11 Å². The molecule has 0 saturated carbocycles. The molecular weight excluding hydrogens is 266 g/mol. The van der Waals surface area contributed by atoms with E-state index >= 15 is 0 Å². The summed E-state index contributed by atoms with van der Waals surface area (Å²) in [4.78, 5) is 10.8. The van der Waals surface area contributed by atoms with E-state index in [1.54, 1.807) is 6.07 Å². The van der Waals surface area contributed by atoms with Gasteiger partial charge in [-0.15, -0.1) is 0 Å². The summed E-state index contributed by atoms with van der Waals surface area (Å²) < 4.78 is 26.3. The lowest BCUT2D eigenvalue weighted by atomic mass is 9.98. The maximum absolute atomic E-state index is 11.9. The van der Waals surface area contributed by atoms with E-state index in [2.05, 4.69) is 4.72 Å². The van der Waals surface area contributed by atoms with Gasteiger partial charge in [0.1, 0.15) is 0 Å². The highest BCUT2D eigenvalue weighted by atomic mass is 32.2. The number of carboxylic acids is 1. The molecule has 0 amide bonds. The number of sulfonamides is 1. The molecule has 0 aromatic heterocycles. The summed E-state index contributed by atoms with van der Waals surface area (Å²) in [6.45, 7) is 6.13. The van der Waals surface area contributed by atoms with E-state index in [0.717, 1.165) is 0 Å². The fourth-order valence-electron chi connectivity index (χ4n) is 1.39. The highest BCUT2D eigenvalue weighted by Gasteiger charge is 2.17. The molecule has 2 N–H and O–H groups in total. The third-order valence-electron chi connectivity index (χ3n) is 2.35. The Labute approximate surface area is 113 Å². The predicted octanol–water partition coefficient (Wildman–Crippen LogP) is 1.85. The van der Waals surface area contributed by atoms with E-state index in [1.165, 1.54) is 18.2 Å². The zero-order valence-electron chi connectivity index (χ0n) is 11.3. The lowest BCUT2D eigenvalue weighted by Crippen LogP contribution is -2.33. The van der Waals surface area contributed by atoms with Gasteiger partial charge in [-0.1, -0.05) is 32.9 Å². The fourth-order valence-corrected chi connectivity index (χ4v) is 2.76. The maximum atomic E-state index is 11.9. The Balaban J connectivity index is 2.78. The molecule has 5 nitrogen and oxygen atoms in total. The van der Waals surface area contributed by atoms with Crippen molar-refractivity contribution in [1.82, 2.24) is 4.72 Å². The average molecular weight is 285 g/mol. The van der Waals surface area contributed by atoms with Gasteiger partial charge in [0.05, 0.1) is 11.3 Å². The fraction of sp³-hybridized carbons (Fsp3) is 0.462. The van der Waals surface area contributed by atoms with Crippen LogP contribution in [0.15, 0.2) is 24.3 Å². The molecule has 0 atom stereocenters. The molecule has 1 aromatic carbocycles. The van der Waals surface area contributed by atoms with Crippen molar-refractivity contribution in [2.24, 2.45) is 5.41 Å². The topological polar surface area (TPSA) is 83.5 Å². The highest BCUT2D eigenvalue weighted by Crippen LogP contribution is 2.13. The molecule has 0 aliphatic heterocycles. The Morgan fingerprint density at radius 2 is 1.95 bits per heavy atom. The van der Waals surface area contributed by atoms with Crippen molar-refractivity contribution in [3.63, 3.8) is 0 Å². The predicted molar refractivity (Wildman–Crippen MR) is 73.5 cm³/mol. The van der Waals surface area contributed by atoms with Crippen molar-refractivity contribution in [2.75, 3.05) is 6.54 Å². The monoisotopic (exact) mass is 285 g/mol. The molecular formula is C13H19NO4S. The first kappa shape index (κ1) is 15.7. The summed E-state index contributed by atoms with van der Waals surface area (Å²) in [6, 6.07) is 5.94. The van der Waals surface area contributed by atoms with Crippen LogP contribution in [0.5, 0.6) is 0 Å². The molecule has 0 radical (unpaired) electrons. The number of benzene rings is 1. The second-order valence-electron chi connectivity index (χ2n) is 5.65. The molecule has 1 rings (SSSR count). The van der Waals surface area contributed by atoms with Gasteiger partial charge in [0.15, 0.2) is 0 Å². The van der Waals surface area contributed by atoms with Crippen molar-refractivity contribution < 1.29 is 18.3 Å². The van der Waals surface area contributed by atoms with E-state index < -0.39 is 16.0 Å². The van der Waals surface area contributed by atoms with Crippen LogP contribution in [0.1, 0.15) is 36.7 Å². The summed E-state index contributed by atoms with van der Waals surface area (Å²) >= 11 is 0. The number of nitrogens with one attached hydrogen (secondary N) is 1. The average Bonchev–Trinajstić information content (AvgIpc) is 2.25. The third-order valence-corrected chi connectivity index (χ3v) is 3.65. The van der Waals surface area contributed by atoms with Crippen LogP contribution in [0.3, 0.4) is 0 Å². The first-order valence-electron chi connectivity index (χ1n) is 5.89. The van der Waals surface area contributed by atoms with Gasteiger partial charge in [-0.3, -0.25) is 0 Å². The highest BCUT2D eigenvalue weighted by molar-refractivity contribution is 7.88. The van der Waals surface area contributed by atoms with Gasteiger partial charge >= 0.3 is 5.97 Å². The Kier molecular flexibility index (Phi) is 4.70. The lowest BCUT2D eigenvalue weighted by molar-refractivity contribution is 0.0696. The van der Waals surface area contributed by atoms with Crippen molar-refractivity contribution in [2.45, 2.75) is 26.5 Å². The van der Waals surface area contributed by atoms with E-state index in [0.29, 0.717) is 12.1 Å². The normalized spacial score (nSPS) is 12.4. The van der Waals surface area contributed by atoms with Crippen LogP contribution in [0.25, 0.3) is 0 Å². The van der Waals surface area contributed by atoms with E-state index in [-0.39, 0.29) is 16.7 Å². The summed E-state index contributed by atoms with van der Waals surface area (Å²) in [7, 11) is -3.45. The van der Waals surface area contributed by atoms with Crippen LogP contribution < -0.4 is 4.72 Å². The van der Waals surface area contributed by atoms with Gasteiger partial charge in [0.2, 0.25) is 10.0 Å².